The first-order valence-electron chi connectivity index (χ1n) is 12.3. The third-order valence-electron chi connectivity index (χ3n) is 6.80. The van der Waals surface area contributed by atoms with Crippen LogP contribution < -0.4 is 0 Å². The second kappa shape index (κ2) is 9.24. The lowest BCUT2D eigenvalue weighted by molar-refractivity contribution is 1.48. The molecule has 6 rings (SSSR count). The fraction of sp³-hybridized carbons (Fsp3) is 0.0588. The van der Waals surface area contributed by atoms with E-state index < -0.39 is 0 Å². The molecule has 172 valence electrons. The van der Waals surface area contributed by atoms with Crippen molar-refractivity contribution in [2.24, 2.45) is 9.98 Å². The zero-order chi connectivity index (χ0) is 24.5. The van der Waals surface area contributed by atoms with Crippen molar-refractivity contribution >= 4 is 55.1 Å². The smallest absolute Gasteiger partial charge is 0.0733 e. The highest BCUT2D eigenvalue weighted by Gasteiger charge is 2.10. The number of hydrogen-bond donors (Lipinski definition) is 0. The Morgan fingerprint density at radius 1 is 0.417 bits per heavy atom. The first kappa shape index (κ1) is 21.9. The van der Waals surface area contributed by atoms with Gasteiger partial charge in [-0.3, -0.25) is 9.98 Å². The summed E-state index contributed by atoms with van der Waals surface area (Å²) in [5, 5.41) is 7.07. The van der Waals surface area contributed by atoms with Crippen molar-refractivity contribution in [1.82, 2.24) is 0 Å². The summed E-state index contributed by atoms with van der Waals surface area (Å²) >= 11 is 0. The maximum absolute atomic E-state index is 5.15. The topological polar surface area (TPSA) is 24.7 Å². The van der Waals surface area contributed by atoms with Crippen LogP contribution >= 0.6 is 0 Å². The van der Waals surface area contributed by atoms with E-state index in [-0.39, 0.29) is 0 Å². The molecule has 0 amide bonds. The van der Waals surface area contributed by atoms with Crippen LogP contribution in [-0.4, -0.2) is 11.4 Å². The van der Waals surface area contributed by atoms with Gasteiger partial charge in [-0.1, -0.05) is 109 Å². The van der Waals surface area contributed by atoms with Crippen molar-refractivity contribution in [2.45, 2.75) is 13.8 Å². The highest BCUT2D eigenvalue weighted by Crippen LogP contribution is 2.36. The molecule has 0 radical (unpaired) electrons. The first-order valence-corrected chi connectivity index (χ1v) is 12.3. The van der Waals surface area contributed by atoms with Crippen LogP contribution in [0.4, 0.5) is 11.4 Å². The molecule has 0 atom stereocenters. The summed E-state index contributed by atoms with van der Waals surface area (Å²) in [5.41, 5.74) is 6.15. The second-order valence-electron chi connectivity index (χ2n) is 9.10. The molecule has 6 aromatic carbocycles. The number of aliphatic imine (C=N–C) groups is 2. The van der Waals surface area contributed by atoms with Crippen LogP contribution in [0.1, 0.15) is 25.0 Å². The molecule has 0 aromatic heterocycles. The summed E-state index contributed by atoms with van der Waals surface area (Å²) < 4.78 is 0. The SMILES string of the molecule is CC(=Nc1cccc2cccc(N=C(C)c3cccc4ccccc34)c12)c1cccc2ccccc12. The predicted octanol–water partition coefficient (Wildman–Crippen LogP) is 9.43. The van der Waals surface area contributed by atoms with Crippen molar-refractivity contribution < 1.29 is 0 Å². The summed E-state index contributed by atoms with van der Waals surface area (Å²) in [4.78, 5) is 10.3. The van der Waals surface area contributed by atoms with E-state index in [1.165, 1.54) is 21.5 Å². The average molecular weight is 463 g/mol. The molecule has 2 nitrogen and oxygen atoms in total. The zero-order valence-corrected chi connectivity index (χ0v) is 20.4. The minimum absolute atomic E-state index is 0.933. The summed E-state index contributed by atoms with van der Waals surface area (Å²) in [7, 11) is 0. The van der Waals surface area contributed by atoms with E-state index in [1.807, 2.05) is 0 Å². The van der Waals surface area contributed by atoms with Gasteiger partial charge in [-0.2, -0.15) is 0 Å². The molecule has 0 spiro atoms. The van der Waals surface area contributed by atoms with Gasteiger partial charge in [0.15, 0.2) is 0 Å². The Balaban J connectivity index is 1.51. The van der Waals surface area contributed by atoms with Gasteiger partial charge in [0.2, 0.25) is 0 Å². The van der Waals surface area contributed by atoms with E-state index in [1.54, 1.807) is 0 Å². The van der Waals surface area contributed by atoms with Crippen LogP contribution in [0.5, 0.6) is 0 Å². The summed E-state index contributed by atoms with van der Waals surface area (Å²) in [6.45, 7) is 4.18. The monoisotopic (exact) mass is 462 g/mol. The summed E-state index contributed by atoms with van der Waals surface area (Å²) in [6.07, 6.45) is 0. The standard InChI is InChI=1S/C34H26N2/c1-23(28-19-7-13-25-11-3-5-17-30(25)28)35-32-21-9-15-27-16-10-22-33(34(27)32)36-24(2)29-20-8-14-26-12-4-6-18-31(26)29/h3-22H,1-2H3. The normalized spacial score (nSPS) is 12.5. The minimum Gasteiger partial charge on any atom is -0.252 e. The highest BCUT2D eigenvalue weighted by molar-refractivity contribution is 6.14. The zero-order valence-electron chi connectivity index (χ0n) is 20.4. The fourth-order valence-corrected chi connectivity index (χ4v) is 5.05. The third kappa shape index (κ3) is 3.97. The lowest BCUT2D eigenvalue weighted by Gasteiger charge is -2.11. The lowest BCUT2D eigenvalue weighted by atomic mass is 10.0. The fourth-order valence-electron chi connectivity index (χ4n) is 5.05. The Labute approximate surface area is 211 Å². The maximum atomic E-state index is 5.15. The number of fused-ring (bicyclic) bond motifs is 3. The molecular formula is C34H26N2. The molecule has 0 aliphatic heterocycles. The van der Waals surface area contributed by atoms with Gasteiger partial charge in [0.1, 0.15) is 0 Å². The molecule has 6 aromatic rings. The van der Waals surface area contributed by atoms with Crippen LogP contribution in [0.3, 0.4) is 0 Å². The molecule has 0 bridgehead atoms. The predicted molar refractivity (Wildman–Crippen MR) is 156 cm³/mol. The molecule has 0 unspecified atom stereocenters. The van der Waals surface area contributed by atoms with Gasteiger partial charge >= 0.3 is 0 Å². The Hall–Kier alpha value is -4.56. The molecule has 0 aliphatic rings. The number of benzene rings is 6. The molecule has 0 saturated carbocycles. The van der Waals surface area contributed by atoms with Crippen LogP contribution in [0.15, 0.2) is 131 Å². The van der Waals surface area contributed by atoms with Gasteiger partial charge in [0, 0.05) is 27.9 Å². The van der Waals surface area contributed by atoms with Gasteiger partial charge in [-0.15, -0.1) is 0 Å². The Kier molecular flexibility index (Phi) is 5.63. The van der Waals surface area contributed by atoms with Gasteiger partial charge in [0.25, 0.3) is 0 Å². The van der Waals surface area contributed by atoms with Gasteiger partial charge < -0.3 is 0 Å². The Morgan fingerprint density at radius 2 is 0.806 bits per heavy atom. The number of rotatable bonds is 4. The van der Waals surface area contributed by atoms with E-state index >= 15 is 0 Å². The number of hydrogen-bond acceptors (Lipinski definition) is 2. The molecule has 0 heterocycles. The van der Waals surface area contributed by atoms with Crippen molar-refractivity contribution in [1.29, 1.82) is 0 Å². The second-order valence-corrected chi connectivity index (χ2v) is 9.10. The van der Waals surface area contributed by atoms with Crippen LogP contribution in [-0.2, 0) is 0 Å². The largest absolute Gasteiger partial charge is 0.252 e. The summed E-state index contributed by atoms with van der Waals surface area (Å²) in [5.74, 6) is 0. The van der Waals surface area contributed by atoms with E-state index in [2.05, 4.69) is 135 Å². The summed E-state index contributed by atoms with van der Waals surface area (Å²) in [6, 6.07) is 42.3. The van der Waals surface area contributed by atoms with Crippen LogP contribution in [0.2, 0.25) is 0 Å². The van der Waals surface area contributed by atoms with Crippen molar-refractivity contribution in [3.63, 3.8) is 0 Å². The average Bonchev–Trinajstić information content (AvgIpc) is 2.92. The van der Waals surface area contributed by atoms with Gasteiger partial charge in [-0.05, 0) is 52.9 Å². The molecule has 0 saturated heterocycles. The minimum atomic E-state index is 0.933. The number of nitrogens with zero attached hydrogens (tertiary/aromatic N) is 2. The van der Waals surface area contributed by atoms with Gasteiger partial charge in [-0.25, -0.2) is 0 Å². The third-order valence-corrected chi connectivity index (χ3v) is 6.80. The van der Waals surface area contributed by atoms with Crippen molar-refractivity contribution in [3.05, 3.63) is 132 Å². The molecule has 0 fully saturated rings. The van der Waals surface area contributed by atoms with E-state index in [0.29, 0.717) is 0 Å². The highest BCUT2D eigenvalue weighted by atomic mass is 14.8. The Morgan fingerprint density at radius 3 is 1.31 bits per heavy atom. The van der Waals surface area contributed by atoms with Crippen LogP contribution in [0.25, 0.3) is 32.3 Å². The quantitative estimate of drug-likeness (QED) is 0.233. The molecular weight excluding hydrogens is 436 g/mol. The first-order chi connectivity index (χ1) is 17.7. The molecule has 36 heavy (non-hydrogen) atoms. The maximum Gasteiger partial charge on any atom is 0.0733 e. The lowest BCUT2D eigenvalue weighted by Crippen LogP contribution is -1.96. The van der Waals surface area contributed by atoms with Crippen LogP contribution in [0, 0.1) is 0 Å². The molecule has 2 heteroatoms. The molecule has 0 N–H and O–H groups in total. The van der Waals surface area contributed by atoms with E-state index in [9.17, 15) is 0 Å². The van der Waals surface area contributed by atoms with Crippen molar-refractivity contribution in [3.8, 4) is 0 Å². The van der Waals surface area contributed by atoms with Gasteiger partial charge in [0.05, 0.1) is 11.4 Å². The Bertz CT molecular complexity index is 1670. The van der Waals surface area contributed by atoms with E-state index in [4.69, 9.17) is 9.98 Å². The van der Waals surface area contributed by atoms with E-state index in [0.717, 1.165) is 44.7 Å². The molecule has 0 aliphatic carbocycles. The van der Waals surface area contributed by atoms with Crippen molar-refractivity contribution in [2.75, 3.05) is 0 Å².